The zero-order valence-electron chi connectivity index (χ0n) is 18.4. The van der Waals surface area contributed by atoms with Gasteiger partial charge in [0.15, 0.2) is 17.0 Å². The zero-order valence-corrected chi connectivity index (χ0v) is 18.4. The number of rotatable bonds is 6. The fraction of sp³-hybridized carbons (Fsp3) is 0.522. The molecule has 0 unspecified atom stereocenters. The Bertz CT molecular complexity index is 1040. The molecule has 2 aliphatic heterocycles. The molecule has 0 spiro atoms. The molecule has 1 aromatic carbocycles. The largest absolute Gasteiger partial charge is 0.379 e. The van der Waals surface area contributed by atoms with Gasteiger partial charge >= 0.3 is 0 Å². The summed E-state index contributed by atoms with van der Waals surface area (Å²) in [6.07, 6.45) is 2.68. The Labute approximate surface area is 183 Å². The molecule has 0 saturated carbocycles. The van der Waals surface area contributed by atoms with Crippen molar-refractivity contribution in [3.8, 4) is 0 Å². The molecule has 4 heterocycles. The minimum atomic E-state index is 0.258. The number of benzene rings is 1. The van der Waals surface area contributed by atoms with E-state index in [-0.39, 0.29) is 6.04 Å². The molecule has 0 amide bonds. The van der Waals surface area contributed by atoms with Crippen LogP contribution in [0.1, 0.15) is 31.0 Å². The Balaban J connectivity index is 1.41. The predicted octanol–water partition coefficient (Wildman–Crippen LogP) is 2.71. The van der Waals surface area contributed by atoms with E-state index in [0.717, 1.165) is 81.8 Å². The van der Waals surface area contributed by atoms with E-state index < -0.39 is 0 Å². The maximum Gasteiger partial charge on any atom is 0.208 e. The third-order valence-corrected chi connectivity index (χ3v) is 6.21. The smallest absolute Gasteiger partial charge is 0.208 e. The molecule has 8 nitrogen and oxygen atoms in total. The number of hydrogen-bond donors (Lipinski definition) is 1. The maximum absolute atomic E-state index is 5.44. The first-order chi connectivity index (χ1) is 15.2. The van der Waals surface area contributed by atoms with Gasteiger partial charge in [0, 0.05) is 45.3 Å². The van der Waals surface area contributed by atoms with Crippen LogP contribution >= 0.6 is 0 Å². The summed E-state index contributed by atoms with van der Waals surface area (Å²) in [7, 11) is 0. The third kappa shape index (κ3) is 4.09. The number of anilines is 2. The molecule has 1 N–H and O–H groups in total. The van der Waals surface area contributed by atoms with E-state index in [9.17, 15) is 0 Å². The lowest BCUT2D eigenvalue weighted by molar-refractivity contribution is 0.0398. The molecular formula is C23H31N7O. The quantitative estimate of drug-likeness (QED) is 0.656. The van der Waals surface area contributed by atoms with Gasteiger partial charge in [0.1, 0.15) is 6.33 Å². The van der Waals surface area contributed by atoms with Crippen LogP contribution in [0.3, 0.4) is 0 Å². The summed E-state index contributed by atoms with van der Waals surface area (Å²) in [6, 6.07) is 8.97. The molecule has 1 fully saturated rings. The fourth-order valence-corrected chi connectivity index (χ4v) is 4.55. The van der Waals surface area contributed by atoms with Crippen LogP contribution in [0.15, 0.2) is 30.6 Å². The Morgan fingerprint density at radius 3 is 2.68 bits per heavy atom. The summed E-state index contributed by atoms with van der Waals surface area (Å²) in [6.45, 7) is 11.6. The number of nitrogens with zero attached hydrogens (tertiary/aromatic N) is 6. The SMILES string of the molecule is CC(C)n1c(N2CCc3ccccc3C2)nc2c(NCCN3CCOCC3)ncnc21. The highest BCUT2D eigenvalue weighted by Crippen LogP contribution is 2.31. The van der Waals surface area contributed by atoms with E-state index in [1.807, 2.05) is 0 Å². The van der Waals surface area contributed by atoms with Crippen LogP contribution < -0.4 is 10.2 Å². The van der Waals surface area contributed by atoms with Crippen molar-refractivity contribution < 1.29 is 4.74 Å². The van der Waals surface area contributed by atoms with Gasteiger partial charge in [-0.15, -0.1) is 0 Å². The molecule has 164 valence electrons. The van der Waals surface area contributed by atoms with Crippen molar-refractivity contribution in [2.24, 2.45) is 0 Å². The summed E-state index contributed by atoms with van der Waals surface area (Å²) >= 11 is 0. The summed E-state index contributed by atoms with van der Waals surface area (Å²) in [5.41, 5.74) is 4.57. The molecule has 0 atom stereocenters. The standard InChI is InChI=1S/C23H31N7O/c1-17(2)30-22-20(21(25-16-26-22)24-8-10-28-11-13-31-14-12-28)27-23(30)29-9-7-18-5-3-4-6-19(18)15-29/h3-6,16-17H,7-15H2,1-2H3,(H,24,25,26). The molecule has 5 rings (SSSR count). The fourth-order valence-electron chi connectivity index (χ4n) is 4.55. The van der Waals surface area contributed by atoms with Gasteiger partial charge in [0.2, 0.25) is 5.95 Å². The van der Waals surface area contributed by atoms with Gasteiger partial charge in [0.05, 0.1) is 13.2 Å². The van der Waals surface area contributed by atoms with E-state index in [1.54, 1.807) is 6.33 Å². The second kappa shape index (κ2) is 8.80. The topological polar surface area (TPSA) is 71.3 Å². The number of aromatic nitrogens is 4. The van der Waals surface area contributed by atoms with Crippen LogP contribution in [0.5, 0.6) is 0 Å². The number of nitrogens with one attached hydrogen (secondary N) is 1. The van der Waals surface area contributed by atoms with Gasteiger partial charge in [-0.05, 0) is 31.4 Å². The number of imidazole rings is 1. The first-order valence-electron chi connectivity index (χ1n) is 11.3. The molecule has 8 heteroatoms. The molecule has 1 saturated heterocycles. The minimum Gasteiger partial charge on any atom is -0.379 e. The lowest BCUT2D eigenvalue weighted by Gasteiger charge is -2.30. The normalized spacial score (nSPS) is 17.3. The molecule has 31 heavy (non-hydrogen) atoms. The van der Waals surface area contributed by atoms with Crippen molar-refractivity contribution in [2.75, 3.05) is 56.2 Å². The average molecular weight is 422 g/mol. The van der Waals surface area contributed by atoms with Crippen molar-refractivity contribution in [1.82, 2.24) is 24.4 Å². The third-order valence-electron chi connectivity index (χ3n) is 6.21. The van der Waals surface area contributed by atoms with Crippen LogP contribution in [-0.4, -0.2) is 70.4 Å². The van der Waals surface area contributed by atoms with Crippen molar-refractivity contribution in [2.45, 2.75) is 32.9 Å². The van der Waals surface area contributed by atoms with E-state index >= 15 is 0 Å². The second-order valence-corrected chi connectivity index (χ2v) is 8.59. The van der Waals surface area contributed by atoms with Crippen LogP contribution in [0.2, 0.25) is 0 Å². The molecule has 0 aliphatic carbocycles. The zero-order chi connectivity index (χ0) is 21.2. The summed E-state index contributed by atoms with van der Waals surface area (Å²) in [5, 5.41) is 3.51. The van der Waals surface area contributed by atoms with Gasteiger partial charge in [-0.25, -0.2) is 15.0 Å². The van der Waals surface area contributed by atoms with Crippen molar-refractivity contribution in [1.29, 1.82) is 0 Å². The summed E-state index contributed by atoms with van der Waals surface area (Å²) < 4.78 is 7.69. The molecule has 2 aliphatic rings. The van der Waals surface area contributed by atoms with Gasteiger partial charge in [-0.1, -0.05) is 24.3 Å². The highest BCUT2D eigenvalue weighted by molar-refractivity contribution is 5.85. The van der Waals surface area contributed by atoms with E-state index in [1.165, 1.54) is 11.1 Å². The molecule has 3 aromatic rings. The Hall–Kier alpha value is -2.71. The summed E-state index contributed by atoms with van der Waals surface area (Å²) in [5.74, 6) is 1.80. The van der Waals surface area contributed by atoms with E-state index in [0.29, 0.717) is 0 Å². The number of morpholine rings is 1. The van der Waals surface area contributed by atoms with Gasteiger partial charge < -0.3 is 15.0 Å². The highest BCUT2D eigenvalue weighted by Gasteiger charge is 2.25. The van der Waals surface area contributed by atoms with Gasteiger partial charge in [-0.3, -0.25) is 9.47 Å². The molecule has 2 aromatic heterocycles. The molecule has 0 radical (unpaired) electrons. The van der Waals surface area contributed by atoms with Crippen LogP contribution in [0.4, 0.5) is 11.8 Å². The molecule has 0 bridgehead atoms. The van der Waals surface area contributed by atoms with Crippen molar-refractivity contribution in [3.63, 3.8) is 0 Å². The lowest BCUT2D eigenvalue weighted by atomic mass is 10.0. The van der Waals surface area contributed by atoms with Gasteiger partial charge in [0.25, 0.3) is 0 Å². The Kier molecular flexibility index (Phi) is 5.74. The summed E-state index contributed by atoms with van der Waals surface area (Å²) in [4.78, 5) is 19.0. The van der Waals surface area contributed by atoms with Crippen molar-refractivity contribution >= 4 is 22.9 Å². The second-order valence-electron chi connectivity index (χ2n) is 8.59. The highest BCUT2D eigenvalue weighted by atomic mass is 16.5. The Morgan fingerprint density at radius 1 is 1.06 bits per heavy atom. The van der Waals surface area contributed by atoms with E-state index in [4.69, 9.17) is 9.72 Å². The number of hydrogen-bond acceptors (Lipinski definition) is 7. The lowest BCUT2D eigenvalue weighted by Crippen LogP contribution is -2.39. The van der Waals surface area contributed by atoms with E-state index in [2.05, 4.69) is 67.8 Å². The first kappa shape index (κ1) is 20.2. The maximum atomic E-state index is 5.44. The van der Waals surface area contributed by atoms with Crippen molar-refractivity contribution in [3.05, 3.63) is 41.7 Å². The number of ether oxygens (including phenoxy) is 1. The molecular weight excluding hydrogens is 390 g/mol. The van der Waals surface area contributed by atoms with Gasteiger partial charge in [-0.2, -0.15) is 0 Å². The monoisotopic (exact) mass is 421 g/mol. The number of fused-ring (bicyclic) bond motifs is 2. The van der Waals surface area contributed by atoms with Crippen LogP contribution in [0, 0.1) is 0 Å². The minimum absolute atomic E-state index is 0.258. The predicted molar refractivity (Wildman–Crippen MR) is 123 cm³/mol. The van der Waals surface area contributed by atoms with Crippen LogP contribution in [0.25, 0.3) is 11.2 Å². The Morgan fingerprint density at radius 2 is 1.87 bits per heavy atom. The van der Waals surface area contributed by atoms with Crippen LogP contribution in [-0.2, 0) is 17.7 Å². The first-order valence-corrected chi connectivity index (χ1v) is 11.3. The average Bonchev–Trinajstić information content (AvgIpc) is 3.20.